The zero-order chi connectivity index (χ0) is 21.9. The van der Waals surface area contributed by atoms with Crippen LogP contribution in [0.3, 0.4) is 0 Å². The van der Waals surface area contributed by atoms with E-state index in [1.807, 2.05) is 36.4 Å². The molecule has 0 saturated carbocycles. The molecule has 5 rings (SSSR count). The molecule has 2 fully saturated rings. The van der Waals surface area contributed by atoms with E-state index in [-0.39, 0.29) is 12.4 Å². The number of ether oxygens (including phenoxy) is 2. The average molecular weight is 438 g/mol. The van der Waals surface area contributed by atoms with Crippen LogP contribution >= 0.6 is 0 Å². The molecule has 1 aromatic heterocycles. The maximum Gasteiger partial charge on any atom is 0.142 e. The van der Waals surface area contributed by atoms with Crippen molar-refractivity contribution in [3.05, 3.63) is 60.7 Å². The maximum atomic E-state index is 13.5. The van der Waals surface area contributed by atoms with Crippen molar-refractivity contribution in [2.45, 2.75) is 12.1 Å². The second kappa shape index (κ2) is 9.50. The fourth-order valence-electron chi connectivity index (χ4n) is 4.35. The molecule has 1 atom stereocenters. The van der Waals surface area contributed by atoms with Crippen LogP contribution in [0.1, 0.15) is 0 Å². The van der Waals surface area contributed by atoms with Crippen molar-refractivity contribution < 1.29 is 19.0 Å². The molecule has 2 aliphatic rings. The van der Waals surface area contributed by atoms with Crippen molar-refractivity contribution in [2.75, 3.05) is 52.5 Å². The van der Waals surface area contributed by atoms with E-state index in [0.717, 1.165) is 67.0 Å². The fourth-order valence-corrected chi connectivity index (χ4v) is 4.35. The lowest BCUT2D eigenvalue weighted by molar-refractivity contribution is -0.0793. The summed E-state index contributed by atoms with van der Waals surface area (Å²) in [5, 5.41) is 12.5. The van der Waals surface area contributed by atoms with Gasteiger partial charge in [0.05, 0.1) is 25.5 Å². The number of hydrogen-bond acceptors (Lipinski definition) is 6. The summed E-state index contributed by atoms with van der Waals surface area (Å²) in [6.45, 7) is 6.57. The predicted octanol–water partition coefficient (Wildman–Crippen LogP) is 2.80. The number of aliphatic hydroxyl groups excluding tert-OH is 1. The number of fused-ring (bicyclic) bond motifs is 1. The highest BCUT2D eigenvalue weighted by atomic mass is 19.1. The first-order valence-corrected chi connectivity index (χ1v) is 11.1. The summed E-state index contributed by atoms with van der Waals surface area (Å²) in [7, 11) is 0. The SMILES string of the molecule is OC(COc1ccc2cc(-c3cncc(F)c3)ccc2c1)CN1CCN(C2COC2)CC1. The van der Waals surface area contributed by atoms with E-state index in [0.29, 0.717) is 12.6 Å². The zero-order valence-electron chi connectivity index (χ0n) is 18.0. The molecule has 2 saturated heterocycles. The Bertz CT molecular complexity index is 1070. The first-order chi connectivity index (χ1) is 15.6. The Morgan fingerprint density at radius 1 is 1.00 bits per heavy atom. The van der Waals surface area contributed by atoms with Crippen molar-refractivity contribution in [3.63, 3.8) is 0 Å². The van der Waals surface area contributed by atoms with Crippen LogP contribution in [0.2, 0.25) is 0 Å². The van der Waals surface area contributed by atoms with Crippen molar-refractivity contribution >= 4 is 10.8 Å². The number of β-amino-alcohol motifs (C(OH)–C–C–N with tert-alkyl or cyclic N) is 1. The largest absolute Gasteiger partial charge is 0.491 e. The lowest BCUT2D eigenvalue weighted by atomic mass is 10.0. The fraction of sp³-hybridized carbons (Fsp3) is 0.400. The average Bonchev–Trinajstić information content (AvgIpc) is 2.77. The molecule has 3 heterocycles. The van der Waals surface area contributed by atoms with Crippen molar-refractivity contribution in [1.29, 1.82) is 0 Å². The molecule has 0 radical (unpaired) electrons. The minimum Gasteiger partial charge on any atom is -0.491 e. The van der Waals surface area contributed by atoms with Gasteiger partial charge in [-0.3, -0.25) is 14.8 Å². The molecule has 3 aromatic rings. The summed E-state index contributed by atoms with van der Waals surface area (Å²) < 4.78 is 24.6. The Kier molecular flexibility index (Phi) is 6.32. The van der Waals surface area contributed by atoms with Gasteiger partial charge in [-0.2, -0.15) is 0 Å². The van der Waals surface area contributed by atoms with Crippen LogP contribution in [0.5, 0.6) is 5.75 Å². The van der Waals surface area contributed by atoms with Gasteiger partial charge in [0.25, 0.3) is 0 Å². The quantitative estimate of drug-likeness (QED) is 0.614. The number of benzene rings is 2. The van der Waals surface area contributed by atoms with Gasteiger partial charge in [-0.25, -0.2) is 4.39 Å². The van der Waals surface area contributed by atoms with Gasteiger partial charge in [0, 0.05) is 44.5 Å². The number of pyridine rings is 1. The van der Waals surface area contributed by atoms with Crippen LogP contribution < -0.4 is 4.74 Å². The van der Waals surface area contributed by atoms with Crippen LogP contribution in [-0.4, -0.2) is 84.6 Å². The summed E-state index contributed by atoms with van der Waals surface area (Å²) in [6.07, 6.45) is 2.32. The molecular formula is C25H28FN3O3. The molecule has 2 aromatic carbocycles. The number of halogens is 1. The highest BCUT2D eigenvalue weighted by Gasteiger charge is 2.29. The van der Waals surface area contributed by atoms with E-state index < -0.39 is 6.10 Å². The van der Waals surface area contributed by atoms with Crippen LogP contribution in [-0.2, 0) is 4.74 Å². The van der Waals surface area contributed by atoms with Crippen LogP contribution in [0.15, 0.2) is 54.9 Å². The molecule has 7 heteroatoms. The maximum absolute atomic E-state index is 13.5. The molecule has 168 valence electrons. The third-order valence-electron chi connectivity index (χ3n) is 6.31. The Morgan fingerprint density at radius 2 is 1.78 bits per heavy atom. The highest BCUT2D eigenvalue weighted by molar-refractivity contribution is 5.88. The van der Waals surface area contributed by atoms with Crippen molar-refractivity contribution in [3.8, 4) is 16.9 Å². The highest BCUT2D eigenvalue weighted by Crippen LogP contribution is 2.27. The molecule has 0 aliphatic carbocycles. The molecule has 6 nitrogen and oxygen atoms in total. The Balaban J connectivity index is 1.14. The van der Waals surface area contributed by atoms with Crippen molar-refractivity contribution in [2.24, 2.45) is 0 Å². The summed E-state index contributed by atoms with van der Waals surface area (Å²) >= 11 is 0. The number of piperazine rings is 1. The van der Waals surface area contributed by atoms with Gasteiger partial charge in [-0.1, -0.05) is 18.2 Å². The molecule has 1 N–H and O–H groups in total. The van der Waals surface area contributed by atoms with E-state index in [1.165, 1.54) is 12.3 Å². The zero-order valence-corrected chi connectivity index (χ0v) is 18.0. The summed E-state index contributed by atoms with van der Waals surface area (Å²) in [5.41, 5.74) is 1.66. The smallest absolute Gasteiger partial charge is 0.142 e. The Hall–Kier alpha value is -2.58. The lowest BCUT2D eigenvalue weighted by Crippen LogP contribution is -2.57. The van der Waals surface area contributed by atoms with Gasteiger partial charge in [-0.05, 0) is 40.6 Å². The van der Waals surface area contributed by atoms with Gasteiger partial charge >= 0.3 is 0 Å². The third kappa shape index (κ3) is 4.91. The predicted molar refractivity (Wildman–Crippen MR) is 121 cm³/mol. The van der Waals surface area contributed by atoms with Crippen LogP contribution in [0.4, 0.5) is 4.39 Å². The summed E-state index contributed by atoms with van der Waals surface area (Å²) in [6, 6.07) is 13.9. The lowest BCUT2D eigenvalue weighted by Gasteiger charge is -2.42. The molecule has 0 spiro atoms. The molecular weight excluding hydrogens is 409 g/mol. The van der Waals surface area contributed by atoms with Gasteiger partial charge in [-0.15, -0.1) is 0 Å². The second-order valence-corrected chi connectivity index (χ2v) is 8.61. The Labute approximate surface area is 187 Å². The van der Waals surface area contributed by atoms with E-state index in [4.69, 9.17) is 9.47 Å². The van der Waals surface area contributed by atoms with Crippen molar-refractivity contribution in [1.82, 2.24) is 14.8 Å². The van der Waals surface area contributed by atoms with Gasteiger partial charge < -0.3 is 14.6 Å². The second-order valence-electron chi connectivity index (χ2n) is 8.61. The number of aromatic nitrogens is 1. The third-order valence-corrected chi connectivity index (χ3v) is 6.31. The van der Waals surface area contributed by atoms with E-state index in [9.17, 15) is 9.50 Å². The van der Waals surface area contributed by atoms with Crippen LogP contribution in [0, 0.1) is 5.82 Å². The minimum absolute atomic E-state index is 0.259. The number of aliphatic hydroxyl groups is 1. The molecule has 1 unspecified atom stereocenters. The Morgan fingerprint density at radius 3 is 2.53 bits per heavy atom. The molecule has 2 aliphatic heterocycles. The van der Waals surface area contributed by atoms with E-state index in [1.54, 1.807) is 6.20 Å². The van der Waals surface area contributed by atoms with E-state index >= 15 is 0 Å². The normalized spacial score (nSPS) is 19.1. The molecule has 0 amide bonds. The first-order valence-electron chi connectivity index (χ1n) is 11.1. The molecule has 0 bridgehead atoms. The summed E-state index contributed by atoms with van der Waals surface area (Å²) in [5.74, 6) is 0.381. The molecule has 32 heavy (non-hydrogen) atoms. The standard InChI is InChI=1S/C25H28FN3O3/c26-22-10-21(12-27-13-22)19-1-2-20-11-25(4-3-18(20)9-19)32-17-24(30)14-28-5-7-29(8-6-28)23-15-31-16-23/h1-4,9-13,23-24,30H,5-8,14-17H2. The first kappa shape index (κ1) is 21.3. The summed E-state index contributed by atoms with van der Waals surface area (Å²) in [4.78, 5) is 8.70. The number of rotatable bonds is 7. The van der Waals surface area contributed by atoms with Gasteiger partial charge in [0.15, 0.2) is 0 Å². The number of hydrogen-bond donors (Lipinski definition) is 1. The van der Waals surface area contributed by atoms with Gasteiger partial charge in [0.2, 0.25) is 0 Å². The van der Waals surface area contributed by atoms with E-state index in [2.05, 4.69) is 14.8 Å². The van der Waals surface area contributed by atoms with Crippen LogP contribution in [0.25, 0.3) is 21.9 Å². The number of nitrogens with zero attached hydrogens (tertiary/aromatic N) is 3. The van der Waals surface area contributed by atoms with Gasteiger partial charge in [0.1, 0.15) is 24.3 Å². The minimum atomic E-state index is -0.535. The monoisotopic (exact) mass is 437 g/mol. The topological polar surface area (TPSA) is 58.1 Å².